The smallest absolute Gasteiger partial charge is 0.0251 e. The Bertz CT molecular complexity index is 44.9. The van der Waals surface area contributed by atoms with Gasteiger partial charge in [0.2, 0.25) is 0 Å². The normalized spacial score (nSPS) is 11.0. The predicted octanol–water partition coefficient (Wildman–Crippen LogP) is 1.03. The van der Waals surface area contributed by atoms with E-state index in [1.54, 1.807) is 0 Å². The van der Waals surface area contributed by atoms with Gasteiger partial charge in [-0.05, 0) is 6.92 Å². The SMILES string of the molecule is [B][P+](=S)CC. The second-order valence-corrected chi connectivity index (χ2v) is 3.61. The van der Waals surface area contributed by atoms with Crippen LogP contribution >= 0.6 is 6.58 Å². The Morgan fingerprint density at radius 1 is 2.00 bits per heavy atom. The third-order valence-corrected chi connectivity index (χ3v) is 1.71. The van der Waals surface area contributed by atoms with Gasteiger partial charge in [0.15, 0.2) is 0 Å². The van der Waals surface area contributed by atoms with Gasteiger partial charge in [0.1, 0.15) is 11.8 Å². The number of rotatable bonds is 1. The average Bonchev–Trinajstić information content (AvgIpc) is 1.38. The van der Waals surface area contributed by atoms with Crippen molar-refractivity contribution >= 4 is 25.9 Å². The molecule has 0 rings (SSSR count). The van der Waals surface area contributed by atoms with Crippen LogP contribution in [0.4, 0.5) is 0 Å². The lowest BCUT2D eigenvalue weighted by Gasteiger charge is -1.61. The number of hydrogen-bond donors (Lipinski definition) is 0. The number of hydrogen-bond acceptors (Lipinski definition) is 1. The molecule has 26 valence electrons. The van der Waals surface area contributed by atoms with Gasteiger partial charge in [-0.15, -0.1) is 0 Å². The van der Waals surface area contributed by atoms with Crippen molar-refractivity contribution in [2.24, 2.45) is 0 Å². The van der Waals surface area contributed by atoms with Gasteiger partial charge >= 0.3 is 7.57 Å². The van der Waals surface area contributed by atoms with Crippen molar-refractivity contribution in [3.8, 4) is 0 Å². The van der Waals surface area contributed by atoms with Crippen molar-refractivity contribution in [1.82, 2.24) is 0 Å². The largest absolute Gasteiger partial charge is 0.460 e. The van der Waals surface area contributed by atoms with Crippen molar-refractivity contribution in [2.45, 2.75) is 6.92 Å². The summed E-state index contributed by atoms with van der Waals surface area (Å²) in [4.78, 5) is 0. The minimum absolute atomic E-state index is 0.515. The van der Waals surface area contributed by atoms with Crippen LogP contribution in [0.25, 0.3) is 0 Å². The molecule has 0 amide bonds. The lowest BCUT2D eigenvalue weighted by molar-refractivity contribution is 1.53. The predicted molar refractivity (Wildman–Crippen MR) is 30.6 cm³/mol. The first-order chi connectivity index (χ1) is 2.27. The fourth-order valence-corrected chi connectivity index (χ4v) is 0. The van der Waals surface area contributed by atoms with E-state index in [1.807, 2.05) is 6.92 Å². The summed E-state index contributed by atoms with van der Waals surface area (Å²) in [5, 5.41) is 0. The molecule has 5 heavy (non-hydrogen) atoms. The van der Waals surface area contributed by atoms with Crippen LogP contribution in [-0.4, -0.2) is 13.7 Å². The summed E-state index contributed by atoms with van der Waals surface area (Å²) in [6, 6.07) is 0. The summed E-state index contributed by atoms with van der Waals surface area (Å²) in [7, 11) is 5.17. The zero-order valence-corrected chi connectivity index (χ0v) is 4.85. The van der Waals surface area contributed by atoms with Crippen molar-refractivity contribution < 1.29 is 0 Å². The molecule has 0 spiro atoms. The van der Waals surface area contributed by atoms with E-state index in [9.17, 15) is 0 Å². The lowest BCUT2D eigenvalue weighted by Crippen LogP contribution is -1.57. The van der Waals surface area contributed by atoms with Gasteiger partial charge in [-0.3, -0.25) is 0 Å². The van der Waals surface area contributed by atoms with Crippen LogP contribution in [0.1, 0.15) is 6.92 Å². The average molecular weight is 103 g/mol. The molecule has 0 aliphatic heterocycles. The summed E-state index contributed by atoms with van der Waals surface area (Å²) in [5.74, 6) is 0. The van der Waals surface area contributed by atoms with Gasteiger partial charge in [0.05, 0.1) is 12.7 Å². The highest BCUT2D eigenvalue weighted by molar-refractivity contribution is 8.16. The topological polar surface area (TPSA) is 0 Å². The molecule has 1 unspecified atom stereocenters. The second kappa shape index (κ2) is 2.80. The molecule has 1 atom stereocenters. The Morgan fingerprint density at radius 3 is 2.20 bits per heavy atom. The third kappa shape index (κ3) is 4.58. The molecule has 2 radical (unpaired) electrons. The van der Waals surface area contributed by atoms with E-state index < -0.39 is 6.58 Å². The first-order valence-corrected chi connectivity index (χ1v) is 4.07. The molecule has 0 aromatic carbocycles. The van der Waals surface area contributed by atoms with Gasteiger partial charge in [-0.2, -0.15) is 0 Å². The van der Waals surface area contributed by atoms with E-state index in [0.29, 0.717) is 0 Å². The summed E-state index contributed by atoms with van der Waals surface area (Å²) in [6.45, 7) is 1.48. The van der Waals surface area contributed by atoms with E-state index in [2.05, 4.69) is 11.8 Å². The second-order valence-electron chi connectivity index (χ2n) is 0.733. The Morgan fingerprint density at radius 2 is 2.20 bits per heavy atom. The molecule has 0 heterocycles. The highest BCUT2D eigenvalue weighted by Crippen LogP contribution is 2.08. The Balaban J connectivity index is 2.85. The highest BCUT2D eigenvalue weighted by atomic mass is 32.4. The molecule has 0 N–H and O–H groups in total. The van der Waals surface area contributed by atoms with E-state index in [4.69, 9.17) is 7.57 Å². The maximum Gasteiger partial charge on any atom is 0.460 e. The zero-order chi connectivity index (χ0) is 4.28. The first-order valence-electron chi connectivity index (χ1n) is 1.46. The first kappa shape index (κ1) is 5.58. The van der Waals surface area contributed by atoms with Crippen LogP contribution in [0.2, 0.25) is 0 Å². The molecule has 0 nitrogen and oxygen atoms in total. The molecule has 0 aromatic rings. The van der Waals surface area contributed by atoms with E-state index in [1.165, 1.54) is 0 Å². The van der Waals surface area contributed by atoms with Gasteiger partial charge in [0.25, 0.3) is 0 Å². The fraction of sp³-hybridized carbons (Fsp3) is 1.00. The Hall–Kier alpha value is 0.585. The van der Waals surface area contributed by atoms with Gasteiger partial charge in [0, 0.05) is 0 Å². The van der Waals surface area contributed by atoms with Crippen molar-refractivity contribution in [3.63, 3.8) is 0 Å². The van der Waals surface area contributed by atoms with Crippen LogP contribution in [0.15, 0.2) is 0 Å². The molecule has 0 aliphatic rings. The van der Waals surface area contributed by atoms with Crippen molar-refractivity contribution in [2.75, 3.05) is 6.16 Å². The molecule has 0 aromatic heterocycles. The third-order valence-electron chi connectivity index (χ3n) is 0.312. The summed E-state index contributed by atoms with van der Waals surface area (Å²) in [5.41, 5.74) is 0. The van der Waals surface area contributed by atoms with Crippen LogP contribution in [-0.2, 0) is 11.8 Å². The molecular weight excluding hydrogens is 97.9 g/mol. The molecule has 3 heteroatoms. The summed E-state index contributed by atoms with van der Waals surface area (Å²) < 4.78 is 0. The van der Waals surface area contributed by atoms with Crippen LogP contribution in [0.5, 0.6) is 0 Å². The Kier molecular flexibility index (Phi) is 3.13. The van der Waals surface area contributed by atoms with E-state index >= 15 is 0 Å². The van der Waals surface area contributed by atoms with Crippen LogP contribution in [0, 0.1) is 0 Å². The monoisotopic (exact) mass is 103 g/mol. The summed E-state index contributed by atoms with van der Waals surface area (Å²) >= 11 is 4.62. The lowest BCUT2D eigenvalue weighted by atomic mass is 10.8. The molecular formula is C2H5BPS+. The zero-order valence-electron chi connectivity index (χ0n) is 3.14. The van der Waals surface area contributed by atoms with E-state index in [0.717, 1.165) is 6.16 Å². The van der Waals surface area contributed by atoms with Gasteiger partial charge < -0.3 is 0 Å². The van der Waals surface area contributed by atoms with Crippen molar-refractivity contribution in [1.29, 1.82) is 0 Å². The van der Waals surface area contributed by atoms with Gasteiger partial charge in [-0.1, -0.05) is 0 Å². The van der Waals surface area contributed by atoms with Crippen LogP contribution < -0.4 is 0 Å². The minimum Gasteiger partial charge on any atom is -0.0251 e. The van der Waals surface area contributed by atoms with E-state index in [-0.39, 0.29) is 0 Å². The Labute approximate surface area is 39.7 Å². The van der Waals surface area contributed by atoms with Crippen molar-refractivity contribution in [3.05, 3.63) is 0 Å². The summed E-state index contributed by atoms with van der Waals surface area (Å²) in [6.07, 6.45) is 0.963. The quantitative estimate of drug-likeness (QED) is 0.352. The van der Waals surface area contributed by atoms with Gasteiger partial charge in [-0.25, -0.2) is 0 Å². The molecule has 0 fully saturated rings. The highest BCUT2D eigenvalue weighted by Gasteiger charge is 1.88. The standard InChI is InChI=1S/C2H5BPS/c1-2-4(3)5/h2H2,1H3/q+1. The maximum atomic E-state index is 5.17. The fourth-order valence-electron chi connectivity index (χ4n) is 0. The molecule has 0 saturated heterocycles. The molecule has 0 bridgehead atoms. The minimum atomic E-state index is -0.515. The maximum absolute atomic E-state index is 5.17. The molecule has 0 aliphatic carbocycles. The van der Waals surface area contributed by atoms with Crippen LogP contribution in [0.3, 0.4) is 0 Å². The molecule has 0 saturated carbocycles.